The number of ketones is 1. The molecular weight excluding hydrogens is 420 g/mol. The first kappa shape index (κ1) is 22.9. The number of Topliss-reactive ketones (excluding diaryl/α,β-unsaturated/α-hetero) is 1. The van der Waals surface area contributed by atoms with Crippen molar-refractivity contribution in [3.05, 3.63) is 35.9 Å². The number of benzene rings is 1. The SMILES string of the molecule is CC1(C)OC[C@H]([C@@H]2[C@@H](COCc3ccccc3)[C@]3(OS(C)(=O)=O)CC[C@@]2(C)C(=O)C3)O1. The van der Waals surface area contributed by atoms with Gasteiger partial charge in [-0.2, -0.15) is 8.42 Å². The molecule has 0 N–H and O–H groups in total. The van der Waals surface area contributed by atoms with Gasteiger partial charge in [-0.05, 0) is 32.3 Å². The molecule has 1 aromatic rings. The lowest BCUT2D eigenvalue weighted by atomic mass is 9.47. The van der Waals surface area contributed by atoms with E-state index in [0.717, 1.165) is 11.8 Å². The molecule has 0 aromatic heterocycles. The van der Waals surface area contributed by atoms with Gasteiger partial charge in [0.25, 0.3) is 10.1 Å². The number of hydrogen-bond donors (Lipinski definition) is 0. The van der Waals surface area contributed by atoms with Crippen molar-refractivity contribution in [2.75, 3.05) is 19.5 Å². The molecule has 4 fully saturated rings. The lowest BCUT2D eigenvalue weighted by molar-refractivity contribution is -0.212. The van der Waals surface area contributed by atoms with Gasteiger partial charge in [0.2, 0.25) is 0 Å². The smallest absolute Gasteiger partial charge is 0.264 e. The van der Waals surface area contributed by atoms with E-state index in [0.29, 0.717) is 26.1 Å². The molecule has 0 radical (unpaired) electrons. The Bertz CT molecular complexity index is 929. The number of carbonyl (C=O) groups excluding carboxylic acids is 1. The second kappa shape index (κ2) is 7.92. The van der Waals surface area contributed by atoms with Crippen LogP contribution in [0.3, 0.4) is 0 Å². The van der Waals surface area contributed by atoms with E-state index in [2.05, 4.69) is 0 Å². The average molecular weight is 453 g/mol. The monoisotopic (exact) mass is 452 g/mol. The molecule has 1 aromatic carbocycles. The molecule has 1 heterocycles. The zero-order valence-corrected chi connectivity index (χ0v) is 19.4. The highest BCUT2D eigenvalue weighted by Gasteiger charge is 2.67. The fraction of sp³-hybridized carbons (Fsp3) is 0.696. The number of fused-ring (bicyclic) bond motifs is 3. The highest BCUT2D eigenvalue weighted by molar-refractivity contribution is 7.86. The predicted octanol–water partition coefficient (Wildman–Crippen LogP) is 3.08. The molecule has 0 spiro atoms. The van der Waals surface area contributed by atoms with Crippen molar-refractivity contribution in [2.24, 2.45) is 17.3 Å². The van der Waals surface area contributed by atoms with Crippen LogP contribution in [0.2, 0.25) is 0 Å². The minimum absolute atomic E-state index is 0.0278. The van der Waals surface area contributed by atoms with Crippen molar-refractivity contribution >= 4 is 15.9 Å². The van der Waals surface area contributed by atoms with Crippen LogP contribution in [0.15, 0.2) is 30.3 Å². The van der Waals surface area contributed by atoms with Crippen LogP contribution in [0.5, 0.6) is 0 Å². The van der Waals surface area contributed by atoms with Gasteiger partial charge in [0, 0.05) is 23.7 Å². The largest absolute Gasteiger partial charge is 0.376 e. The Kier molecular flexibility index (Phi) is 5.84. The predicted molar refractivity (Wildman–Crippen MR) is 114 cm³/mol. The van der Waals surface area contributed by atoms with Crippen LogP contribution in [0.1, 0.15) is 45.6 Å². The Morgan fingerprint density at radius 3 is 2.42 bits per heavy atom. The van der Waals surface area contributed by atoms with Crippen LogP contribution in [0.25, 0.3) is 0 Å². The van der Waals surface area contributed by atoms with Gasteiger partial charge in [-0.3, -0.25) is 8.98 Å². The lowest BCUT2D eigenvalue weighted by Crippen LogP contribution is -2.67. The van der Waals surface area contributed by atoms with Gasteiger partial charge >= 0.3 is 0 Å². The highest BCUT2D eigenvalue weighted by Crippen LogP contribution is 2.60. The van der Waals surface area contributed by atoms with E-state index >= 15 is 0 Å². The topological polar surface area (TPSA) is 88.1 Å². The summed E-state index contributed by atoms with van der Waals surface area (Å²) in [5.74, 6) is -1.30. The Balaban J connectivity index is 1.66. The van der Waals surface area contributed by atoms with E-state index in [1.165, 1.54) is 0 Å². The fourth-order valence-electron chi connectivity index (χ4n) is 5.74. The summed E-state index contributed by atoms with van der Waals surface area (Å²) < 4.78 is 48.2. The third-order valence-corrected chi connectivity index (χ3v) is 7.80. The second-order valence-electron chi connectivity index (χ2n) is 9.87. The molecule has 31 heavy (non-hydrogen) atoms. The molecule has 4 aliphatic rings. The zero-order valence-electron chi connectivity index (χ0n) is 18.6. The van der Waals surface area contributed by atoms with Gasteiger partial charge in [-0.1, -0.05) is 37.3 Å². The summed E-state index contributed by atoms with van der Waals surface area (Å²) in [5, 5.41) is 0. The molecular formula is C23H32O7S. The summed E-state index contributed by atoms with van der Waals surface area (Å²) in [6.45, 7) is 6.70. The van der Waals surface area contributed by atoms with Crippen LogP contribution in [0, 0.1) is 17.3 Å². The van der Waals surface area contributed by atoms with Crippen LogP contribution in [-0.2, 0) is 39.9 Å². The van der Waals surface area contributed by atoms with E-state index in [1.807, 2.05) is 51.1 Å². The number of carbonyl (C=O) groups is 1. The van der Waals surface area contributed by atoms with Gasteiger partial charge < -0.3 is 14.2 Å². The lowest BCUT2D eigenvalue weighted by Gasteiger charge is -2.60. The van der Waals surface area contributed by atoms with E-state index in [9.17, 15) is 13.2 Å². The van der Waals surface area contributed by atoms with Crippen molar-refractivity contribution < 1.29 is 31.6 Å². The molecule has 8 heteroatoms. The third-order valence-electron chi connectivity index (χ3n) is 7.17. The van der Waals surface area contributed by atoms with Crippen LogP contribution < -0.4 is 0 Å². The Labute approximate surface area is 184 Å². The van der Waals surface area contributed by atoms with E-state index < -0.39 is 26.9 Å². The summed E-state index contributed by atoms with van der Waals surface area (Å²) in [6.07, 6.45) is 1.83. The number of ether oxygens (including phenoxy) is 3. The highest BCUT2D eigenvalue weighted by atomic mass is 32.2. The molecule has 3 saturated carbocycles. The van der Waals surface area contributed by atoms with Crippen molar-refractivity contribution in [2.45, 2.75) is 64.1 Å². The minimum atomic E-state index is -3.77. The summed E-state index contributed by atoms with van der Waals surface area (Å²) in [7, 11) is -3.77. The normalized spacial score (nSPS) is 37.3. The van der Waals surface area contributed by atoms with Crippen LogP contribution in [-0.4, -0.2) is 51.2 Å². The Hall–Kier alpha value is -1.32. The molecule has 5 rings (SSSR count). The molecule has 3 aliphatic carbocycles. The third kappa shape index (κ3) is 4.46. The van der Waals surface area contributed by atoms with Crippen molar-refractivity contribution in [1.29, 1.82) is 0 Å². The summed E-state index contributed by atoms with van der Waals surface area (Å²) in [6, 6.07) is 9.80. The zero-order chi connectivity index (χ0) is 22.5. The van der Waals surface area contributed by atoms with E-state index in [-0.39, 0.29) is 36.8 Å². The first-order chi connectivity index (χ1) is 14.4. The quantitative estimate of drug-likeness (QED) is 0.588. The van der Waals surface area contributed by atoms with Crippen LogP contribution in [0.4, 0.5) is 0 Å². The van der Waals surface area contributed by atoms with Crippen molar-refractivity contribution in [3.63, 3.8) is 0 Å². The maximum Gasteiger partial charge on any atom is 0.264 e. The summed E-state index contributed by atoms with van der Waals surface area (Å²) >= 11 is 0. The van der Waals surface area contributed by atoms with E-state index in [1.54, 1.807) is 0 Å². The van der Waals surface area contributed by atoms with E-state index in [4.69, 9.17) is 18.4 Å². The summed E-state index contributed by atoms with van der Waals surface area (Å²) in [5.41, 5.74) is -0.709. The fourth-order valence-corrected chi connectivity index (χ4v) is 6.61. The molecule has 5 atom stereocenters. The first-order valence-electron chi connectivity index (χ1n) is 10.8. The standard InChI is InChI=1S/C23H32O7S/c1-21(2)28-15-18(29-21)20-17(14-27-13-16-8-6-5-7-9-16)23(30-31(4,25)26)11-10-22(20,3)19(24)12-23/h5-9,17-18,20H,10-15H2,1-4H3/t17-,18-,20+,22+,23+/m1/s1. The van der Waals surface area contributed by atoms with Gasteiger partial charge in [0.15, 0.2) is 5.79 Å². The maximum atomic E-state index is 13.2. The Morgan fingerprint density at radius 2 is 1.84 bits per heavy atom. The van der Waals surface area contributed by atoms with Gasteiger partial charge in [-0.25, -0.2) is 0 Å². The van der Waals surface area contributed by atoms with Crippen molar-refractivity contribution in [3.8, 4) is 0 Å². The van der Waals surface area contributed by atoms with Gasteiger partial charge in [-0.15, -0.1) is 0 Å². The summed E-state index contributed by atoms with van der Waals surface area (Å²) in [4.78, 5) is 13.2. The minimum Gasteiger partial charge on any atom is -0.376 e. The molecule has 7 nitrogen and oxygen atoms in total. The average Bonchev–Trinajstić information content (AvgIpc) is 3.02. The molecule has 1 aliphatic heterocycles. The maximum absolute atomic E-state index is 13.2. The number of rotatable bonds is 7. The molecule has 0 unspecified atom stereocenters. The molecule has 2 bridgehead atoms. The first-order valence-corrected chi connectivity index (χ1v) is 12.6. The number of hydrogen-bond acceptors (Lipinski definition) is 7. The van der Waals surface area contributed by atoms with Gasteiger partial charge in [0.05, 0.1) is 32.2 Å². The Morgan fingerprint density at radius 1 is 1.13 bits per heavy atom. The van der Waals surface area contributed by atoms with Gasteiger partial charge in [0.1, 0.15) is 11.4 Å². The van der Waals surface area contributed by atoms with Crippen molar-refractivity contribution in [1.82, 2.24) is 0 Å². The molecule has 0 amide bonds. The van der Waals surface area contributed by atoms with Crippen LogP contribution >= 0.6 is 0 Å². The molecule has 172 valence electrons. The molecule has 1 saturated heterocycles. The second-order valence-corrected chi connectivity index (χ2v) is 11.4.